The molecule has 0 bridgehead atoms. The average Bonchev–Trinajstić information content (AvgIpc) is 2.80. The predicted octanol–water partition coefficient (Wildman–Crippen LogP) is 2.48. The molecule has 0 atom stereocenters. The van der Waals surface area contributed by atoms with Crippen LogP contribution in [0, 0.1) is 6.92 Å². The molecule has 0 spiro atoms. The van der Waals surface area contributed by atoms with Gasteiger partial charge in [0.1, 0.15) is 17.5 Å². The quantitative estimate of drug-likeness (QED) is 0.815. The zero-order valence-corrected chi connectivity index (χ0v) is 13.8. The normalized spacial score (nSPS) is 12.0. The lowest BCUT2D eigenvalue weighted by Crippen LogP contribution is -2.42. The minimum Gasteiger partial charge on any atom is -0.358 e. The standard InChI is InChI=1S/C15H25N5O/c1-10(2)20(11(3)4)8-7-19(6)14-13-12(5)18-21-15(13)17-9-16-14/h9-11H,7-8H2,1-6H3. The first-order valence-electron chi connectivity index (χ1n) is 7.45. The SMILES string of the molecule is Cc1noc2ncnc(N(C)CCN(C(C)C)C(C)C)c12. The Morgan fingerprint density at radius 1 is 1.10 bits per heavy atom. The molecule has 2 heterocycles. The number of hydrogen-bond acceptors (Lipinski definition) is 6. The molecule has 0 saturated carbocycles. The summed E-state index contributed by atoms with van der Waals surface area (Å²) in [4.78, 5) is 13.1. The van der Waals surface area contributed by atoms with E-state index in [0.29, 0.717) is 17.8 Å². The van der Waals surface area contributed by atoms with Gasteiger partial charge in [0.05, 0.1) is 5.69 Å². The van der Waals surface area contributed by atoms with Crippen molar-refractivity contribution in [3.05, 3.63) is 12.0 Å². The maximum Gasteiger partial charge on any atom is 0.263 e. The van der Waals surface area contributed by atoms with Crippen LogP contribution in [0.4, 0.5) is 5.82 Å². The molecule has 0 aliphatic heterocycles. The van der Waals surface area contributed by atoms with Gasteiger partial charge in [-0.3, -0.25) is 4.90 Å². The maximum absolute atomic E-state index is 5.20. The lowest BCUT2D eigenvalue weighted by molar-refractivity contribution is 0.180. The van der Waals surface area contributed by atoms with Gasteiger partial charge in [0, 0.05) is 32.2 Å². The van der Waals surface area contributed by atoms with Crippen LogP contribution in [-0.2, 0) is 0 Å². The Bertz CT molecular complexity index is 585. The highest BCUT2D eigenvalue weighted by Crippen LogP contribution is 2.24. The number of anilines is 1. The van der Waals surface area contributed by atoms with Crippen molar-refractivity contribution < 1.29 is 4.52 Å². The minimum absolute atomic E-state index is 0.529. The van der Waals surface area contributed by atoms with Crippen LogP contribution in [0.15, 0.2) is 10.9 Å². The molecule has 21 heavy (non-hydrogen) atoms. The monoisotopic (exact) mass is 291 g/mol. The number of aromatic nitrogens is 3. The van der Waals surface area contributed by atoms with Crippen LogP contribution in [0.3, 0.4) is 0 Å². The van der Waals surface area contributed by atoms with Gasteiger partial charge in [-0.05, 0) is 34.6 Å². The highest BCUT2D eigenvalue weighted by atomic mass is 16.5. The van der Waals surface area contributed by atoms with E-state index in [1.165, 1.54) is 6.33 Å². The summed E-state index contributed by atoms with van der Waals surface area (Å²) in [5.74, 6) is 0.881. The highest BCUT2D eigenvalue weighted by molar-refractivity contribution is 5.87. The first-order valence-corrected chi connectivity index (χ1v) is 7.45. The highest BCUT2D eigenvalue weighted by Gasteiger charge is 2.18. The molecule has 0 aromatic carbocycles. The number of fused-ring (bicyclic) bond motifs is 1. The molecule has 0 unspecified atom stereocenters. The average molecular weight is 291 g/mol. The van der Waals surface area contributed by atoms with E-state index >= 15 is 0 Å². The Kier molecular flexibility index (Phi) is 4.77. The zero-order valence-electron chi connectivity index (χ0n) is 13.8. The first kappa shape index (κ1) is 15.7. The largest absolute Gasteiger partial charge is 0.358 e. The van der Waals surface area contributed by atoms with Gasteiger partial charge in [-0.2, -0.15) is 4.98 Å². The summed E-state index contributed by atoms with van der Waals surface area (Å²) in [5, 5.41) is 4.88. The van der Waals surface area contributed by atoms with Crippen molar-refractivity contribution >= 4 is 16.9 Å². The molecule has 2 aromatic rings. The van der Waals surface area contributed by atoms with Gasteiger partial charge in [0.25, 0.3) is 5.71 Å². The maximum atomic E-state index is 5.20. The van der Waals surface area contributed by atoms with Crippen LogP contribution < -0.4 is 4.90 Å². The molecule has 0 aliphatic carbocycles. The number of aryl methyl sites for hydroxylation is 1. The number of nitrogens with zero attached hydrogens (tertiary/aromatic N) is 5. The van der Waals surface area contributed by atoms with Gasteiger partial charge >= 0.3 is 0 Å². The summed E-state index contributed by atoms with van der Waals surface area (Å²) in [7, 11) is 2.05. The fourth-order valence-corrected chi connectivity index (χ4v) is 2.68. The van der Waals surface area contributed by atoms with Crippen molar-refractivity contribution in [1.82, 2.24) is 20.0 Å². The van der Waals surface area contributed by atoms with Crippen LogP contribution >= 0.6 is 0 Å². The summed E-state index contributed by atoms with van der Waals surface area (Å²) in [6.07, 6.45) is 1.53. The molecule has 2 rings (SSSR count). The molecule has 0 fully saturated rings. The molecule has 0 radical (unpaired) electrons. The summed E-state index contributed by atoms with van der Waals surface area (Å²) < 4.78 is 5.20. The second kappa shape index (κ2) is 6.39. The molecule has 0 amide bonds. The van der Waals surface area contributed by atoms with Gasteiger partial charge in [-0.25, -0.2) is 4.98 Å². The summed E-state index contributed by atoms with van der Waals surface area (Å²) in [6.45, 7) is 12.7. The summed E-state index contributed by atoms with van der Waals surface area (Å²) in [6, 6.07) is 1.06. The molecule has 6 nitrogen and oxygen atoms in total. The van der Waals surface area contributed by atoms with E-state index in [-0.39, 0.29) is 0 Å². The van der Waals surface area contributed by atoms with Crippen LogP contribution in [0.2, 0.25) is 0 Å². The molecule has 6 heteroatoms. The summed E-state index contributed by atoms with van der Waals surface area (Å²) >= 11 is 0. The van der Waals surface area contributed by atoms with Gasteiger partial charge in [-0.1, -0.05) is 5.16 Å². The third-order valence-electron chi connectivity index (χ3n) is 3.81. The van der Waals surface area contributed by atoms with Crippen molar-refractivity contribution in [2.75, 3.05) is 25.0 Å². The minimum atomic E-state index is 0.529. The van der Waals surface area contributed by atoms with E-state index in [1.54, 1.807) is 0 Å². The van der Waals surface area contributed by atoms with Crippen molar-refractivity contribution in [3.8, 4) is 0 Å². The van der Waals surface area contributed by atoms with E-state index < -0.39 is 0 Å². The van der Waals surface area contributed by atoms with E-state index in [0.717, 1.165) is 30.0 Å². The van der Waals surface area contributed by atoms with Gasteiger partial charge in [0.2, 0.25) is 0 Å². The van der Waals surface area contributed by atoms with Gasteiger partial charge < -0.3 is 9.42 Å². The number of hydrogen-bond donors (Lipinski definition) is 0. The Morgan fingerprint density at radius 3 is 2.38 bits per heavy atom. The fraction of sp³-hybridized carbons (Fsp3) is 0.667. The van der Waals surface area contributed by atoms with Crippen molar-refractivity contribution in [1.29, 1.82) is 0 Å². The molecular weight excluding hydrogens is 266 g/mol. The molecule has 116 valence electrons. The Balaban J connectivity index is 2.15. The van der Waals surface area contributed by atoms with Crippen LogP contribution in [0.25, 0.3) is 11.1 Å². The van der Waals surface area contributed by atoms with E-state index in [1.807, 2.05) is 14.0 Å². The third-order valence-corrected chi connectivity index (χ3v) is 3.81. The van der Waals surface area contributed by atoms with Crippen LogP contribution in [0.5, 0.6) is 0 Å². The number of likely N-dealkylation sites (N-methyl/N-ethyl adjacent to an activating group) is 1. The van der Waals surface area contributed by atoms with Crippen LogP contribution in [-0.4, -0.2) is 52.2 Å². The first-order chi connectivity index (χ1) is 9.91. The molecule has 2 aromatic heterocycles. The Morgan fingerprint density at radius 2 is 1.76 bits per heavy atom. The summed E-state index contributed by atoms with van der Waals surface area (Å²) in [5.41, 5.74) is 1.38. The van der Waals surface area contributed by atoms with Crippen molar-refractivity contribution in [2.45, 2.75) is 46.7 Å². The molecule has 0 aliphatic rings. The van der Waals surface area contributed by atoms with Crippen molar-refractivity contribution in [2.24, 2.45) is 0 Å². The van der Waals surface area contributed by atoms with Gasteiger partial charge in [-0.15, -0.1) is 0 Å². The topological polar surface area (TPSA) is 58.3 Å². The Hall–Kier alpha value is -1.69. The smallest absolute Gasteiger partial charge is 0.263 e. The van der Waals surface area contributed by atoms with E-state index in [9.17, 15) is 0 Å². The predicted molar refractivity (Wildman–Crippen MR) is 84.6 cm³/mol. The molecule has 0 saturated heterocycles. The van der Waals surface area contributed by atoms with Crippen molar-refractivity contribution in [3.63, 3.8) is 0 Å². The second-order valence-corrected chi connectivity index (χ2v) is 5.99. The second-order valence-electron chi connectivity index (χ2n) is 5.99. The fourth-order valence-electron chi connectivity index (χ4n) is 2.68. The number of rotatable bonds is 6. The zero-order chi connectivity index (χ0) is 15.6. The van der Waals surface area contributed by atoms with E-state index in [2.05, 4.69) is 52.6 Å². The lowest BCUT2D eigenvalue weighted by Gasteiger charge is -2.32. The van der Waals surface area contributed by atoms with E-state index in [4.69, 9.17) is 4.52 Å². The Labute approximate surface area is 126 Å². The van der Waals surface area contributed by atoms with Crippen LogP contribution in [0.1, 0.15) is 33.4 Å². The molecule has 0 N–H and O–H groups in total. The lowest BCUT2D eigenvalue weighted by atomic mass is 10.2. The third kappa shape index (κ3) is 3.32. The van der Waals surface area contributed by atoms with Gasteiger partial charge in [0.15, 0.2) is 0 Å². The molecular formula is C15H25N5O.